The lowest BCUT2D eigenvalue weighted by atomic mass is 10.1. The minimum Gasteiger partial charge on any atom is -0.351 e. The largest absolute Gasteiger partial charge is 0.351 e. The van der Waals surface area contributed by atoms with Crippen molar-refractivity contribution in [2.24, 2.45) is 5.73 Å². The maximum absolute atomic E-state index is 11.0. The summed E-state index contributed by atoms with van der Waals surface area (Å²) < 4.78 is 0. The fraction of sp³-hybridized carbons (Fsp3) is 0.222. The van der Waals surface area contributed by atoms with Gasteiger partial charge < -0.3 is 5.73 Å². The Kier molecular flexibility index (Phi) is 2.03. The van der Waals surface area contributed by atoms with Gasteiger partial charge in [0.1, 0.15) is 0 Å². The minimum atomic E-state index is -0.575. The van der Waals surface area contributed by atoms with Crippen molar-refractivity contribution in [1.82, 2.24) is 0 Å². The number of nitrogens with zero attached hydrogens (tertiary/aromatic N) is 2. The maximum Gasteiger partial charge on any atom is 0.319 e. The van der Waals surface area contributed by atoms with Crippen LogP contribution in [0.15, 0.2) is 18.2 Å². The number of fused-ring (bicyclic) bond motifs is 1. The van der Waals surface area contributed by atoms with E-state index >= 15 is 0 Å². The SMILES string of the molecule is NC(=O)N1CCc2ccc([N+](=O)[O-])cc21. The Morgan fingerprint density at radius 2 is 2.27 bits per heavy atom. The third-order valence-corrected chi connectivity index (χ3v) is 2.44. The monoisotopic (exact) mass is 207 g/mol. The van der Waals surface area contributed by atoms with E-state index in [-0.39, 0.29) is 5.69 Å². The number of carbonyl (C=O) groups is 1. The molecule has 1 aromatic carbocycles. The fourth-order valence-corrected chi connectivity index (χ4v) is 1.71. The highest BCUT2D eigenvalue weighted by Gasteiger charge is 2.24. The van der Waals surface area contributed by atoms with Crippen molar-refractivity contribution in [1.29, 1.82) is 0 Å². The normalized spacial score (nSPS) is 13.7. The van der Waals surface area contributed by atoms with Crippen LogP contribution >= 0.6 is 0 Å². The van der Waals surface area contributed by atoms with E-state index < -0.39 is 11.0 Å². The Bertz CT molecular complexity index is 444. The molecule has 2 N–H and O–H groups in total. The van der Waals surface area contributed by atoms with Gasteiger partial charge in [0.2, 0.25) is 0 Å². The van der Waals surface area contributed by atoms with Crippen LogP contribution in [0.1, 0.15) is 5.56 Å². The first-order chi connectivity index (χ1) is 7.09. The number of nitro groups is 1. The molecule has 0 bridgehead atoms. The van der Waals surface area contributed by atoms with Gasteiger partial charge in [-0.15, -0.1) is 0 Å². The van der Waals surface area contributed by atoms with Crippen molar-refractivity contribution in [2.45, 2.75) is 6.42 Å². The van der Waals surface area contributed by atoms with Crippen LogP contribution in [-0.4, -0.2) is 17.5 Å². The average molecular weight is 207 g/mol. The van der Waals surface area contributed by atoms with Crippen LogP contribution in [0.4, 0.5) is 16.2 Å². The smallest absolute Gasteiger partial charge is 0.319 e. The molecule has 0 aliphatic carbocycles. The van der Waals surface area contributed by atoms with Crippen molar-refractivity contribution in [3.63, 3.8) is 0 Å². The third-order valence-electron chi connectivity index (χ3n) is 2.44. The van der Waals surface area contributed by atoms with Crippen molar-refractivity contribution in [3.05, 3.63) is 33.9 Å². The molecule has 1 aliphatic rings. The number of rotatable bonds is 1. The number of amides is 2. The van der Waals surface area contributed by atoms with Gasteiger partial charge in [0.15, 0.2) is 0 Å². The number of anilines is 1. The van der Waals surface area contributed by atoms with Crippen LogP contribution in [0.5, 0.6) is 0 Å². The van der Waals surface area contributed by atoms with Crippen LogP contribution in [0, 0.1) is 10.1 Å². The molecule has 0 spiro atoms. The number of nitro benzene ring substituents is 1. The molecule has 0 atom stereocenters. The highest BCUT2D eigenvalue weighted by Crippen LogP contribution is 2.31. The van der Waals surface area contributed by atoms with Gasteiger partial charge in [-0.2, -0.15) is 0 Å². The van der Waals surface area contributed by atoms with E-state index in [1.807, 2.05) is 0 Å². The first-order valence-electron chi connectivity index (χ1n) is 4.44. The molecule has 78 valence electrons. The Morgan fingerprint density at radius 3 is 2.87 bits per heavy atom. The number of primary amides is 1. The van der Waals surface area contributed by atoms with E-state index in [9.17, 15) is 14.9 Å². The summed E-state index contributed by atoms with van der Waals surface area (Å²) in [6.07, 6.45) is 0.691. The first-order valence-corrected chi connectivity index (χ1v) is 4.44. The predicted octanol–water partition coefficient (Wildman–Crippen LogP) is 1.04. The van der Waals surface area contributed by atoms with Crippen LogP contribution in [0.25, 0.3) is 0 Å². The molecule has 2 amide bonds. The quantitative estimate of drug-likeness (QED) is 0.551. The summed E-state index contributed by atoms with van der Waals surface area (Å²) in [5, 5.41) is 10.5. The molecular formula is C9H9N3O3. The van der Waals surface area contributed by atoms with Crippen LogP contribution < -0.4 is 10.6 Å². The number of nitrogens with two attached hydrogens (primary N) is 1. The van der Waals surface area contributed by atoms with Crippen molar-refractivity contribution >= 4 is 17.4 Å². The third kappa shape index (κ3) is 1.50. The van der Waals surface area contributed by atoms with Gasteiger partial charge in [0.05, 0.1) is 10.6 Å². The molecule has 0 radical (unpaired) electrons. The Hall–Kier alpha value is -2.11. The van der Waals surface area contributed by atoms with E-state index in [0.717, 1.165) is 5.56 Å². The standard InChI is InChI=1S/C9H9N3O3/c10-9(13)11-4-3-6-1-2-7(12(14)15)5-8(6)11/h1-2,5H,3-4H2,(H2,10,13). The molecule has 6 nitrogen and oxygen atoms in total. The minimum absolute atomic E-state index is 0.0260. The molecule has 15 heavy (non-hydrogen) atoms. The molecular weight excluding hydrogens is 198 g/mol. The molecule has 2 rings (SSSR count). The lowest BCUT2D eigenvalue weighted by Crippen LogP contribution is -2.33. The summed E-state index contributed by atoms with van der Waals surface area (Å²) >= 11 is 0. The number of non-ortho nitro benzene ring substituents is 1. The van der Waals surface area contributed by atoms with Crippen LogP contribution in [0.2, 0.25) is 0 Å². The molecule has 1 heterocycles. The molecule has 0 aromatic heterocycles. The zero-order valence-corrected chi connectivity index (χ0v) is 7.84. The lowest BCUT2D eigenvalue weighted by Gasteiger charge is -2.13. The van der Waals surface area contributed by atoms with Gasteiger partial charge in [-0.1, -0.05) is 6.07 Å². The summed E-state index contributed by atoms with van der Waals surface area (Å²) in [7, 11) is 0. The molecule has 0 saturated heterocycles. The Morgan fingerprint density at radius 1 is 1.53 bits per heavy atom. The maximum atomic E-state index is 11.0. The summed E-state index contributed by atoms with van der Waals surface area (Å²) in [4.78, 5) is 22.4. The van der Waals surface area contributed by atoms with Crippen molar-refractivity contribution in [3.8, 4) is 0 Å². The second-order valence-electron chi connectivity index (χ2n) is 3.31. The predicted molar refractivity (Wildman–Crippen MR) is 53.7 cm³/mol. The van der Waals surface area contributed by atoms with E-state index in [4.69, 9.17) is 5.73 Å². The summed E-state index contributed by atoms with van der Waals surface area (Å²) in [5.74, 6) is 0. The van der Waals surface area contributed by atoms with E-state index in [2.05, 4.69) is 0 Å². The molecule has 0 unspecified atom stereocenters. The number of urea groups is 1. The number of carbonyl (C=O) groups excluding carboxylic acids is 1. The second-order valence-corrected chi connectivity index (χ2v) is 3.31. The number of hydrogen-bond donors (Lipinski definition) is 1. The first kappa shape index (κ1) is 9.45. The van der Waals surface area contributed by atoms with Gasteiger partial charge in [-0.3, -0.25) is 15.0 Å². The lowest BCUT2D eigenvalue weighted by molar-refractivity contribution is -0.384. The molecule has 0 saturated carbocycles. The number of hydrogen-bond acceptors (Lipinski definition) is 3. The molecule has 6 heteroatoms. The highest BCUT2D eigenvalue weighted by atomic mass is 16.6. The highest BCUT2D eigenvalue weighted by molar-refractivity contribution is 5.93. The van der Waals surface area contributed by atoms with Gasteiger partial charge in [0, 0.05) is 18.7 Å². The van der Waals surface area contributed by atoms with Crippen molar-refractivity contribution in [2.75, 3.05) is 11.4 Å². The zero-order chi connectivity index (χ0) is 11.0. The van der Waals surface area contributed by atoms with E-state index in [1.165, 1.54) is 17.0 Å². The summed E-state index contributed by atoms with van der Waals surface area (Å²) in [5.41, 5.74) is 6.60. The second kappa shape index (κ2) is 3.23. The van der Waals surface area contributed by atoms with Gasteiger partial charge in [-0.05, 0) is 12.0 Å². The fourth-order valence-electron chi connectivity index (χ4n) is 1.71. The Labute approximate surface area is 85.4 Å². The summed E-state index contributed by atoms with van der Waals surface area (Å²) in [6, 6.07) is 3.90. The molecule has 0 fully saturated rings. The zero-order valence-electron chi connectivity index (χ0n) is 7.84. The van der Waals surface area contributed by atoms with Crippen LogP contribution in [0.3, 0.4) is 0 Å². The van der Waals surface area contributed by atoms with E-state index in [0.29, 0.717) is 18.7 Å². The molecule has 1 aromatic rings. The topological polar surface area (TPSA) is 89.5 Å². The Balaban J connectivity index is 2.46. The van der Waals surface area contributed by atoms with Gasteiger partial charge in [-0.25, -0.2) is 4.79 Å². The molecule has 1 aliphatic heterocycles. The summed E-state index contributed by atoms with van der Waals surface area (Å²) in [6.45, 7) is 0.492. The number of benzene rings is 1. The van der Waals surface area contributed by atoms with Gasteiger partial charge >= 0.3 is 6.03 Å². The van der Waals surface area contributed by atoms with Crippen LogP contribution in [-0.2, 0) is 6.42 Å². The van der Waals surface area contributed by atoms with Crippen molar-refractivity contribution < 1.29 is 9.72 Å². The average Bonchev–Trinajstić information content (AvgIpc) is 2.59. The van der Waals surface area contributed by atoms with Gasteiger partial charge in [0.25, 0.3) is 5.69 Å². The van der Waals surface area contributed by atoms with E-state index in [1.54, 1.807) is 6.07 Å².